The molecule has 1 aliphatic heterocycles. The molecule has 3 heteroatoms. The van der Waals surface area contributed by atoms with Gasteiger partial charge in [0.05, 0.1) is 6.10 Å². The van der Waals surface area contributed by atoms with Crippen LogP contribution in [0.3, 0.4) is 0 Å². The van der Waals surface area contributed by atoms with Crippen molar-refractivity contribution >= 4 is 21.6 Å². The van der Waals surface area contributed by atoms with Crippen LogP contribution >= 0.6 is 15.9 Å². The number of benzene rings is 1. The van der Waals surface area contributed by atoms with Gasteiger partial charge in [-0.25, -0.2) is 0 Å². The molecule has 1 heterocycles. The monoisotopic (exact) mass is 311 g/mol. The minimum atomic E-state index is -0.423. The van der Waals surface area contributed by atoms with E-state index in [1.807, 2.05) is 6.07 Å². The topological polar surface area (TPSA) is 23.5 Å². The van der Waals surface area contributed by atoms with Crippen molar-refractivity contribution in [3.05, 3.63) is 28.2 Å². The fourth-order valence-electron chi connectivity index (χ4n) is 2.93. The van der Waals surface area contributed by atoms with Crippen molar-refractivity contribution in [3.8, 4) is 0 Å². The van der Waals surface area contributed by atoms with Crippen LogP contribution in [0.4, 0.5) is 5.69 Å². The number of rotatable bonds is 2. The second-order valence-corrected chi connectivity index (χ2v) is 6.59. The SMILES string of the molecule is CC1CC(C)CN(c2ccc(C(C)O)c(Br)c2)C1. The van der Waals surface area contributed by atoms with Crippen LogP contribution < -0.4 is 4.90 Å². The summed E-state index contributed by atoms with van der Waals surface area (Å²) in [4.78, 5) is 2.45. The molecule has 100 valence electrons. The highest BCUT2D eigenvalue weighted by Crippen LogP contribution is 2.31. The predicted molar refractivity (Wildman–Crippen MR) is 79.9 cm³/mol. The third-order valence-electron chi connectivity index (χ3n) is 3.67. The first-order chi connectivity index (χ1) is 8.47. The van der Waals surface area contributed by atoms with Gasteiger partial charge >= 0.3 is 0 Å². The number of aliphatic hydroxyl groups excluding tert-OH is 1. The third-order valence-corrected chi connectivity index (χ3v) is 4.35. The Labute approximate surface area is 118 Å². The van der Waals surface area contributed by atoms with E-state index in [1.165, 1.54) is 12.1 Å². The van der Waals surface area contributed by atoms with Gasteiger partial charge < -0.3 is 10.0 Å². The maximum Gasteiger partial charge on any atom is 0.0772 e. The summed E-state index contributed by atoms with van der Waals surface area (Å²) in [7, 11) is 0. The van der Waals surface area contributed by atoms with E-state index in [4.69, 9.17) is 0 Å². The van der Waals surface area contributed by atoms with E-state index in [-0.39, 0.29) is 0 Å². The predicted octanol–water partition coefficient (Wildman–Crippen LogP) is 3.98. The Kier molecular flexibility index (Phi) is 4.33. The molecule has 0 aliphatic carbocycles. The van der Waals surface area contributed by atoms with Gasteiger partial charge in [0.2, 0.25) is 0 Å². The Balaban J connectivity index is 2.21. The summed E-state index contributed by atoms with van der Waals surface area (Å²) in [5.41, 5.74) is 2.21. The quantitative estimate of drug-likeness (QED) is 0.893. The molecule has 2 nitrogen and oxygen atoms in total. The number of piperidine rings is 1. The fourth-order valence-corrected chi connectivity index (χ4v) is 3.62. The van der Waals surface area contributed by atoms with Crippen molar-refractivity contribution in [2.75, 3.05) is 18.0 Å². The van der Waals surface area contributed by atoms with Gasteiger partial charge in [0.1, 0.15) is 0 Å². The number of aliphatic hydroxyl groups is 1. The van der Waals surface area contributed by atoms with Crippen molar-refractivity contribution in [2.45, 2.75) is 33.3 Å². The third kappa shape index (κ3) is 3.07. The lowest BCUT2D eigenvalue weighted by molar-refractivity contribution is 0.198. The van der Waals surface area contributed by atoms with Crippen molar-refractivity contribution in [1.82, 2.24) is 0 Å². The van der Waals surface area contributed by atoms with Crippen LogP contribution in [-0.4, -0.2) is 18.2 Å². The maximum atomic E-state index is 9.65. The molecular weight excluding hydrogens is 290 g/mol. The summed E-state index contributed by atoms with van der Waals surface area (Å²) in [6.07, 6.45) is 0.899. The molecule has 0 aromatic heterocycles. The smallest absolute Gasteiger partial charge is 0.0772 e. The van der Waals surface area contributed by atoms with Crippen LogP contribution in [0.25, 0.3) is 0 Å². The molecule has 3 unspecified atom stereocenters. The highest BCUT2D eigenvalue weighted by Gasteiger charge is 2.22. The first kappa shape index (κ1) is 13.9. The summed E-state index contributed by atoms with van der Waals surface area (Å²) in [6, 6.07) is 6.28. The molecule has 3 atom stereocenters. The minimum Gasteiger partial charge on any atom is -0.389 e. The summed E-state index contributed by atoms with van der Waals surface area (Å²) in [5, 5.41) is 9.65. The van der Waals surface area contributed by atoms with E-state index in [0.29, 0.717) is 0 Å². The lowest BCUT2D eigenvalue weighted by Gasteiger charge is -2.36. The molecule has 0 bridgehead atoms. The van der Waals surface area contributed by atoms with Gasteiger partial charge in [0.25, 0.3) is 0 Å². The van der Waals surface area contributed by atoms with Crippen LogP contribution in [0.5, 0.6) is 0 Å². The zero-order chi connectivity index (χ0) is 13.3. The number of hydrogen-bond acceptors (Lipinski definition) is 2. The lowest BCUT2D eigenvalue weighted by atomic mass is 9.91. The molecular formula is C15H22BrNO. The zero-order valence-electron chi connectivity index (χ0n) is 11.4. The molecule has 1 saturated heterocycles. The van der Waals surface area contributed by atoms with Crippen LogP contribution in [0, 0.1) is 11.8 Å². The van der Waals surface area contributed by atoms with E-state index in [0.717, 1.165) is 35.0 Å². The fraction of sp³-hybridized carbons (Fsp3) is 0.600. The lowest BCUT2D eigenvalue weighted by Crippen LogP contribution is -2.38. The van der Waals surface area contributed by atoms with Gasteiger partial charge in [-0.2, -0.15) is 0 Å². The molecule has 1 aromatic carbocycles. The summed E-state index contributed by atoms with van der Waals surface area (Å²) in [5.74, 6) is 1.51. The van der Waals surface area contributed by atoms with Gasteiger partial charge in [0, 0.05) is 23.2 Å². The van der Waals surface area contributed by atoms with Crippen molar-refractivity contribution in [2.24, 2.45) is 11.8 Å². The van der Waals surface area contributed by atoms with Gasteiger partial charge in [0.15, 0.2) is 0 Å². The summed E-state index contributed by atoms with van der Waals surface area (Å²) < 4.78 is 1.00. The van der Waals surface area contributed by atoms with Crippen LogP contribution in [0.15, 0.2) is 22.7 Å². The second kappa shape index (κ2) is 5.62. The van der Waals surface area contributed by atoms with Gasteiger partial charge in [-0.1, -0.05) is 35.8 Å². The maximum absolute atomic E-state index is 9.65. The first-order valence-corrected chi connectivity index (χ1v) is 7.49. The standard InChI is InChI=1S/C15H22BrNO/c1-10-6-11(2)9-17(8-10)13-4-5-14(12(3)18)15(16)7-13/h4-5,7,10-12,18H,6,8-9H2,1-3H3. The van der Waals surface area contributed by atoms with Crippen molar-refractivity contribution in [3.63, 3.8) is 0 Å². The summed E-state index contributed by atoms with van der Waals surface area (Å²) >= 11 is 3.56. The van der Waals surface area contributed by atoms with Gasteiger partial charge in [-0.05, 0) is 42.9 Å². The number of halogens is 1. The first-order valence-electron chi connectivity index (χ1n) is 6.69. The zero-order valence-corrected chi connectivity index (χ0v) is 12.9. The van der Waals surface area contributed by atoms with E-state index in [2.05, 4.69) is 46.8 Å². The average molecular weight is 312 g/mol. The largest absolute Gasteiger partial charge is 0.389 e. The number of anilines is 1. The minimum absolute atomic E-state index is 0.423. The van der Waals surface area contributed by atoms with Crippen LogP contribution in [0.2, 0.25) is 0 Å². The molecule has 18 heavy (non-hydrogen) atoms. The molecule has 0 spiro atoms. The number of hydrogen-bond donors (Lipinski definition) is 1. The van der Waals surface area contributed by atoms with E-state index >= 15 is 0 Å². The number of nitrogens with zero attached hydrogens (tertiary/aromatic N) is 1. The Bertz CT molecular complexity index is 409. The molecule has 2 rings (SSSR count). The molecule has 1 N–H and O–H groups in total. The molecule has 1 aliphatic rings. The Hall–Kier alpha value is -0.540. The Morgan fingerprint density at radius 2 is 1.89 bits per heavy atom. The second-order valence-electron chi connectivity index (χ2n) is 5.73. The average Bonchev–Trinajstić information content (AvgIpc) is 2.26. The highest BCUT2D eigenvalue weighted by molar-refractivity contribution is 9.10. The summed E-state index contributed by atoms with van der Waals surface area (Å²) in [6.45, 7) is 8.70. The molecule has 0 radical (unpaired) electrons. The molecule has 0 amide bonds. The molecule has 1 aromatic rings. The Morgan fingerprint density at radius 3 is 2.39 bits per heavy atom. The highest BCUT2D eigenvalue weighted by atomic mass is 79.9. The van der Waals surface area contributed by atoms with E-state index in [1.54, 1.807) is 6.92 Å². The van der Waals surface area contributed by atoms with Gasteiger partial charge in [-0.15, -0.1) is 0 Å². The normalized spacial score (nSPS) is 26.2. The molecule has 0 saturated carbocycles. The van der Waals surface area contributed by atoms with E-state index < -0.39 is 6.10 Å². The Morgan fingerprint density at radius 1 is 1.28 bits per heavy atom. The molecule has 1 fully saturated rings. The van der Waals surface area contributed by atoms with Crippen molar-refractivity contribution in [1.29, 1.82) is 0 Å². The van der Waals surface area contributed by atoms with Crippen molar-refractivity contribution < 1.29 is 5.11 Å². The van der Waals surface area contributed by atoms with Gasteiger partial charge in [-0.3, -0.25) is 0 Å². The van der Waals surface area contributed by atoms with E-state index in [9.17, 15) is 5.11 Å². The van der Waals surface area contributed by atoms with Crippen LogP contribution in [0.1, 0.15) is 38.9 Å². The van der Waals surface area contributed by atoms with Crippen LogP contribution in [-0.2, 0) is 0 Å².